The van der Waals surface area contributed by atoms with Gasteiger partial charge in [0.25, 0.3) is 0 Å². The number of pyridine rings is 1. The summed E-state index contributed by atoms with van der Waals surface area (Å²) in [6.07, 6.45) is 9.29. The molecule has 0 bridgehead atoms. The standard InChI is InChI=1S/C7H4N/c1-2-7-3-5-8-6-4-7/h1,3-5H. The third kappa shape index (κ3) is 0.855. The van der Waals surface area contributed by atoms with E-state index in [1.807, 2.05) is 0 Å². The number of hydrogen-bond donors (Lipinski definition) is 0. The Morgan fingerprint density at radius 2 is 2.62 bits per heavy atom. The minimum atomic E-state index is 0.819. The molecule has 0 saturated carbocycles. The van der Waals surface area contributed by atoms with E-state index in [1.54, 1.807) is 18.3 Å². The van der Waals surface area contributed by atoms with Crippen molar-refractivity contribution in [1.82, 2.24) is 4.98 Å². The molecule has 0 amide bonds. The number of terminal acetylenes is 1. The van der Waals surface area contributed by atoms with Gasteiger partial charge < -0.3 is 0 Å². The largest absolute Gasteiger partial charge is 0.255 e. The van der Waals surface area contributed by atoms with Gasteiger partial charge in [0, 0.05) is 11.8 Å². The molecule has 0 spiro atoms. The smallest absolute Gasteiger partial charge is 0.0898 e. The van der Waals surface area contributed by atoms with Crippen LogP contribution < -0.4 is 0 Å². The lowest BCUT2D eigenvalue weighted by atomic mass is 10.3. The Hall–Kier alpha value is -1.29. The van der Waals surface area contributed by atoms with E-state index in [2.05, 4.69) is 17.1 Å². The zero-order chi connectivity index (χ0) is 5.82. The number of nitrogens with zero attached hydrogens (tertiary/aromatic N) is 1. The Bertz CT molecular complexity index is 195. The SMILES string of the molecule is C#Cc1c[c]ncc1. The lowest BCUT2D eigenvalue weighted by molar-refractivity contribution is 1.30. The van der Waals surface area contributed by atoms with Crippen LogP contribution in [0.15, 0.2) is 18.3 Å². The molecule has 1 aromatic heterocycles. The molecule has 0 N–H and O–H groups in total. The molecule has 1 aromatic rings. The van der Waals surface area contributed by atoms with Crippen LogP contribution in [-0.4, -0.2) is 4.98 Å². The number of hydrogen-bond acceptors (Lipinski definition) is 1. The molecule has 0 saturated heterocycles. The van der Waals surface area contributed by atoms with Crippen molar-refractivity contribution in [1.29, 1.82) is 0 Å². The van der Waals surface area contributed by atoms with Gasteiger partial charge >= 0.3 is 0 Å². The first-order valence-corrected chi connectivity index (χ1v) is 2.22. The first kappa shape index (κ1) is 4.86. The Morgan fingerprint density at radius 3 is 3.00 bits per heavy atom. The van der Waals surface area contributed by atoms with E-state index in [0.717, 1.165) is 5.56 Å². The zero-order valence-corrected chi connectivity index (χ0v) is 4.26. The van der Waals surface area contributed by atoms with Gasteiger partial charge in [0.15, 0.2) is 0 Å². The van der Waals surface area contributed by atoms with Crippen LogP contribution in [-0.2, 0) is 0 Å². The van der Waals surface area contributed by atoms with Crippen molar-refractivity contribution in [2.45, 2.75) is 0 Å². The molecule has 1 heteroatoms. The van der Waals surface area contributed by atoms with Gasteiger partial charge in [0.2, 0.25) is 0 Å². The van der Waals surface area contributed by atoms with Gasteiger partial charge in [-0.2, -0.15) is 0 Å². The Morgan fingerprint density at radius 1 is 1.75 bits per heavy atom. The lowest BCUT2D eigenvalue weighted by Crippen LogP contribution is -1.72. The average molecular weight is 102 g/mol. The normalized spacial score (nSPS) is 7.88. The van der Waals surface area contributed by atoms with Crippen LogP contribution in [0, 0.1) is 18.5 Å². The average Bonchev–Trinajstić information content (AvgIpc) is 1.90. The van der Waals surface area contributed by atoms with E-state index in [9.17, 15) is 0 Å². The first-order valence-electron chi connectivity index (χ1n) is 2.22. The molecule has 0 unspecified atom stereocenters. The predicted molar refractivity (Wildman–Crippen MR) is 31.0 cm³/mol. The Kier molecular flexibility index (Phi) is 1.29. The minimum absolute atomic E-state index is 0.819. The van der Waals surface area contributed by atoms with Crippen molar-refractivity contribution >= 4 is 0 Å². The molecular formula is C7H4N. The number of aromatic nitrogens is 1. The fourth-order valence-electron chi connectivity index (χ4n) is 0.405. The summed E-state index contributed by atoms with van der Waals surface area (Å²) in [6.45, 7) is 0. The van der Waals surface area contributed by atoms with E-state index < -0.39 is 0 Å². The summed E-state index contributed by atoms with van der Waals surface area (Å²) in [5, 5.41) is 0. The highest BCUT2D eigenvalue weighted by Crippen LogP contribution is 1.89. The van der Waals surface area contributed by atoms with Gasteiger partial charge in [-0.15, -0.1) is 6.42 Å². The highest BCUT2D eigenvalue weighted by atomic mass is 14.6. The molecule has 0 fully saturated rings. The van der Waals surface area contributed by atoms with Crippen LogP contribution in [0.2, 0.25) is 0 Å². The molecule has 1 heterocycles. The summed E-state index contributed by atoms with van der Waals surface area (Å²) >= 11 is 0. The lowest BCUT2D eigenvalue weighted by Gasteiger charge is -1.81. The molecule has 0 aliphatic heterocycles. The summed E-state index contributed by atoms with van der Waals surface area (Å²) in [4.78, 5) is 3.67. The van der Waals surface area contributed by atoms with Crippen LogP contribution in [0.5, 0.6) is 0 Å². The second kappa shape index (κ2) is 2.13. The van der Waals surface area contributed by atoms with Crippen LogP contribution in [0.25, 0.3) is 0 Å². The van der Waals surface area contributed by atoms with Gasteiger partial charge in [-0.3, -0.25) is 4.98 Å². The van der Waals surface area contributed by atoms with E-state index >= 15 is 0 Å². The van der Waals surface area contributed by atoms with Gasteiger partial charge in [-0.25, -0.2) is 0 Å². The van der Waals surface area contributed by atoms with Crippen molar-refractivity contribution in [2.24, 2.45) is 0 Å². The third-order valence-electron chi connectivity index (χ3n) is 0.790. The Balaban J connectivity index is 3.05. The maximum Gasteiger partial charge on any atom is 0.0898 e. The molecule has 1 rings (SSSR count). The molecule has 0 aliphatic rings. The van der Waals surface area contributed by atoms with Gasteiger partial charge in [0.05, 0.1) is 6.20 Å². The fourth-order valence-corrected chi connectivity index (χ4v) is 0.405. The second-order valence-corrected chi connectivity index (χ2v) is 1.32. The topological polar surface area (TPSA) is 12.9 Å². The van der Waals surface area contributed by atoms with Crippen molar-refractivity contribution in [3.05, 3.63) is 30.1 Å². The summed E-state index contributed by atoms with van der Waals surface area (Å²) in [6, 6.07) is 3.43. The molecule has 8 heavy (non-hydrogen) atoms. The molecule has 0 aromatic carbocycles. The summed E-state index contributed by atoms with van der Waals surface area (Å²) < 4.78 is 0. The van der Waals surface area contributed by atoms with Crippen LogP contribution in [0.4, 0.5) is 0 Å². The summed E-state index contributed by atoms with van der Waals surface area (Å²) in [7, 11) is 0. The highest BCUT2D eigenvalue weighted by molar-refractivity contribution is 5.28. The van der Waals surface area contributed by atoms with Crippen molar-refractivity contribution in [3.63, 3.8) is 0 Å². The molecule has 0 aliphatic carbocycles. The molecule has 1 nitrogen and oxygen atoms in total. The van der Waals surface area contributed by atoms with Crippen molar-refractivity contribution < 1.29 is 0 Å². The van der Waals surface area contributed by atoms with Gasteiger partial charge in [-0.05, 0) is 12.1 Å². The van der Waals surface area contributed by atoms with E-state index in [1.165, 1.54) is 0 Å². The van der Waals surface area contributed by atoms with Gasteiger partial charge in [-0.1, -0.05) is 5.92 Å². The highest BCUT2D eigenvalue weighted by Gasteiger charge is 1.78. The number of rotatable bonds is 0. The van der Waals surface area contributed by atoms with Crippen molar-refractivity contribution in [3.8, 4) is 12.3 Å². The van der Waals surface area contributed by atoms with Crippen LogP contribution in [0.3, 0.4) is 0 Å². The zero-order valence-electron chi connectivity index (χ0n) is 4.26. The van der Waals surface area contributed by atoms with Crippen molar-refractivity contribution in [2.75, 3.05) is 0 Å². The van der Waals surface area contributed by atoms with E-state index in [0.29, 0.717) is 0 Å². The minimum Gasteiger partial charge on any atom is -0.255 e. The third-order valence-corrected chi connectivity index (χ3v) is 0.790. The maximum absolute atomic E-state index is 5.05. The summed E-state index contributed by atoms with van der Waals surface area (Å²) in [5.74, 6) is 2.46. The maximum atomic E-state index is 5.05. The Labute approximate surface area is 48.4 Å². The molecule has 0 atom stereocenters. The predicted octanol–water partition coefficient (Wildman–Crippen LogP) is 0.863. The second-order valence-electron chi connectivity index (χ2n) is 1.32. The van der Waals surface area contributed by atoms with E-state index in [4.69, 9.17) is 6.42 Å². The monoisotopic (exact) mass is 102 g/mol. The molecule has 1 radical (unpaired) electrons. The van der Waals surface area contributed by atoms with Gasteiger partial charge in [0.1, 0.15) is 0 Å². The fraction of sp³-hybridized carbons (Fsp3) is 0. The van der Waals surface area contributed by atoms with Crippen LogP contribution >= 0.6 is 0 Å². The molecule has 37 valence electrons. The summed E-state index contributed by atoms with van der Waals surface area (Å²) in [5.41, 5.74) is 0.819. The first-order chi connectivity index (χ1) is 3.93. The van der Waals surface area contributed by atoms with E-state index in [-0.39, 0.29) is 0 Å². The molecular weight excluding hydrogens is 98.1 g/mol. The van der Waals surface area contributed by atoms with Crippen LogP contribution in [0.1, 0.15) is 5.56 Å². The quantitative estimate of drug-likeness (QED) is 0.443.